The van der Waals surface area contributed by atoms with E-state index >= 15 is 0 Å². The quantitative estimate of drug-likeness (QED) is 0.464. The first-order valence-corrected chi connectivity index (χ1v) is 5.10. The monoisotopic (exact) mass is 220 g/mol. The van der Waals surface area contributed by atoms with Crippen molar-refractivity contribution in [2.24, 2.45) is 0 Å². The highest BCUT2D eigenvalue weighted by Crippen LogP contribution is 2.29. The van der Waals surface area contributed by atoms with Gasteiger partial charge in [0.25, 0.3) is 0 Å². The lowest BCUT2D eigenvalue weighted by Crippen LogP contribution is -2.01. The van der Waals surface area contributed by atoms with E-state index in [9.17, 15) is 4.39 Å². The minimum atomic E-state index is -0.921. The molecule has 1 fully saturated rings. The molecule has 1 rings (SSSR count). The SMILES string of the molecule is CC(=C1CCCCC1)C(F)Br. The smallest absolute Gasteiger partial charge is 0.176 e. The van der Waals surface area contributed by atoms with Gasteiger partial charge in [-0.3, -0.25) is 0 Å². The molecular weight excluding hydrogens is 207 g/mol. The van der Waals surface area contributed by atoms with Crippen molar-refractivity contribution >= 4 is 15.9 Å². The number of alkyl halides is 2. The molecule has 1 atom stereocenters. The van der Waals surface area contributed by atoms with Gasteiger partial charge in [-0.25, -0.2) is 4.39 Å². The minimum Gasteiger partial charge on any atom is -0.230 e. The molecule has 64 valence electrons. The van der Waals surface area contributed by atoms with Crippen LogP contribution in [0.3, 0.4) is 0 Å². The van der Waals surface area contributed by atoms with Crippen LogP contribution in [-0.2, 0) is 0 Å². The summed E-state index contributed by atoms with van der Waals surface area (Å²) in [4.78, 5) is 0. The van der Waals surface area contributed by atoms with E-state index in [2.05, 4.69) is 15.9 Å². The van der Waals surface area contributed by atoms with Gasteiger partial charge in [0.15, 0.2) is 5.08 Å². The average molecular weight is 221 g/mol. The van der Waals surface area contributed by atoms with Gasteiger partial charge in [-0.15, -0.1) is 0 Å². The number of rotatable bonds is 1. The topological polar surface area (TPSA) is 0 Å². The average Bonchev–Trinajstić information content (AvgIpc) is 2.05. The number of hydrogen-bond donors (Lipinski definition) is 0. The molecular formula is C9H14BrF. The number of halogens is 2. The molecule has 0 aromatic rings. The fourth-order valence-corrected chi connectivity index (χ4v) is 1.85. The molecule has 0 nitrogen and oxygen atoms in total. The molecule has 11 heavy (non-hydrogen) atoms. The summed E-state index contributed by atoms with van der Waals surface area (Å²) >= 11 is 2.95. The molecule has 0 spiro atoms. The molecule has 1 aliphatic carbocycles. The maximum absolute atomic E-state index is 12.7. The Morgan fingerprint density at radius 1 is 1.36 bits per heavy atom. The summed E-state index contributed by atoms with van der Waals surface area (Å²) < 4.78 is 12.7. The summed E-state index contributed by atoms with van der Waals surface area (Å²) in [5, 5.41) is -0.921. The first-order chi connectivity index (χ1) is 5.22. The fraction of sp³-hybridized carbons (Fsp3) is 0.778. The second-order valence-electron chi connectivity index (χ2n) is 3.15. The molecule has 1 unspecified atom stereocenters. The summed E-state index contributed by atoms with van der Waals surface area (Å²) in [7, 11) is 0. The standard InChI is InChI=1S/C9H14BrF/c1-7(9(10)11)8-5-3-2-4-6-8/h9H,2-6H2,1H3. The maximum Gasteiger partial charge on any atom is 0.176 e. The predicted octanol–water partition coefficient (Wildman–Crippen LogP) is 3.96. The Morgan fingerprint density at radius 2 is 1.91 bits per heavy atom. The van der Waals surface area contributed by atoms with Crippen molar-refractivity contribution in [1.82, 2.24) is 0 Å². The van der Waals surface area contributed by atoms with Crippen LogP contribution in [0.1, 0.15) is 39.0 Å². The Balaban J connectivity index is 2.60. The van der Waals surface area contributed by atoms with Crippen molar-refractivity contribution < 1.29 is 4.39 Å². The second kappa shape index (κ2) is 4.24. The van der Waals surface area contributed by atoms with E-state index in [0.29, 0.717) is 0 Å². The van der Waals surface area contributed by atoms with Crippen molar-refractivity contribution in [3.05, 3.63) is 11.1 Å². The lowest BCUT2D eigenvalue weighted by Gasteiger charge is -2.17. The van der Waals surface area contributed by atoms with Crippen molar-refractivity contribution in [3.63, 3.8) is 0 Å². The maximum atomic E-state index is 12.7. The molecule has 0 heterocycles. The Bertz CT molecular complexity index is 153. The van der Waals surface area contributed by atoms with Gasteiger partial charge in [-0.1, -0.05) is 12.0 Å². The second-order valence-corrected chi connectivity index (χ2v) is 3.95. The van der Waals surface area contributed by atoms with Crippen LogP contribution in [-0.4, -0.2) is 5.08 Å². The zero-order valence-corrected chi connectivity index (χ0v) is 8.45. The third-order valence-corrected chi connectivity index (χ3v) is 3.03. The molecule has 0 amide bonds. The first kappa shape index (κ1) is 9.24. The first-order valence-electron chi connectivity index (χ1n) is 4.18. The van der Waals surface area contributed by atoms with E-state index in [4.69, 9.17) is 0 Å². The summed E-state index contributed by atoms with van der Waals surface area (Å²) in [6.07, 6.45) is 6.02. The largest absolute Gasteiger partial charge is 0.230 e. The zero-order chi connectivity index (χ0) is 8.27. The predicted molar refractivity (Wildman–Crippen MR) is 49.6 cm³/mol. The summed E-state index contributed by atoms with van der Waals surface area (Å²) in [5.41, 5.74) is 2.24. The molecule has 0 aromatic heterocycles. The van der Waals surface area contributed by atoms with Crippen molar-refractivity contribution in [2.75, 3.05) is 0 Å². The lowest BCUT2D eigenvalue weighted by atomic mass is 9.92. The van der Waals surface area contributed by atoms with E-state index < -0.39 is 5.08 Å². The van der Waals surface area contributed by atoms with Gasteiger partial charge in [0.05, 0.1) is 0 Å². The van der Waals surface area contributed by atoms with Gasteiger partial charge in [0, 0.05) is 0 Å². The van der Waals surface area contributed by atoms with Crippen LogP contribution in [0, 0.1) is 0 Å². The fourth-order valence-electron chi connectivity index (χ4n) is 1.53. The third kappa shape index (κ3) is 2.58. The minimum absolute atomic E-state index is 0.907. The summed E-state index contributed by atoms with van der Waals surface area (Å²) in [5.74, 6) is 0. The highest BCUT2D eigenvalue weighted by molar-refractivity contribution is 9.09. The van der Waals surface area contributed by atoms with E-state index in [1.807, 2.05) is 6.92 Å². The molecule has 1 aliphatic rings. The van der Waals surface area contributed by atoms with Crippen LogP contribution in [0.2, 0.25) is 0 Å². The number of allylic oxidation sites excluding steroid dienone is 2. The molecule has 0 aliphatic heterocycles. The van der Waals surface area contributed by atoms with E-state index in [1.165, 1.54) is 24.8 Å². The van der Waals surface area contributed by atoms with E-state index in [-0.39, 0.29) is 0 Å². The molecule has 1 saturated carbocycles. The van der Waals surface area contributed by atoms with Crippen LogP contribution < -0.4 is 0 Å². The van der Waals surface area contributed by atoms with E-state index in [0.717, 1.165) is 18.4 Å². The molecule has 0 bridgehead atoms. The highest BCUT2D eigenvalue weighted by atomic mass is 79.9. The van der Waals surface area contributed by atoms with Crippen LogP contribution in [0.5, 0.6) is 0 Å². The summed E-state index contributed by atoms with van der Waals surface area (Å²) in [6, 6.07) is 0. The van der Waals surface area contributed by atoms with Crippen molar-refractivity contribution in [3.8, 4) is 0 Å². The Morgan fingerprint density at radius 3 is 2.36 bits per heavy atom. The van der Waals surface area contributed by atoms with Crippen molar-refractivity contribution in [1.29, 1.82) is 0 Å². The molecule has 0 aromatic carbocycles. The van der Waals surface area contributed by atoms with Crippen LogP contribution in [0.15, 0.2) is 11.1 Å². The Hall–Kier alpha value is 0.150. The molecule has 0 N–H and O–H groups in total. The van der Waals surface area contributed by atoms with Gasteiger partial charge < -0.3 is 0 Å². The Labute approximate surface area is 76.0 Å². The lowest BCUT2D eigenvalue weighted by molar-refractivity contribution is 0.495. The molecule has 2 heteroatoms. The van der Waals surface area contributed by atoms with Crippen LogP contribution in [0.25, 0.3) is 0 Å². The van der Waals surface area contributed by atoms with Gasteiger partial charge in [0.2, 0.25) is 0 Å². The Kier molecular flexibility index (Phi) is 3.57. The van der Waals surface area contributed by atoms with Gasteiger partial charge >= 0.3 is 0 Å². The number of hydrogen-bond acceptors (Lipinski definition) is 0. The van der Waals surface area contributed by atoms with Crippen molar-refractivity contribution in [2.45, 2.75) is 44.1 Å². The van der Waals surface area contributed by atoms with Gasteiger partial charge in [0.1, 0.15) is 0 Å². The molecule has 0 saturated heterocycles. The van der Waals surface area contributed by atoms with Gasteiger partial charge in [-0.05, 0) is 54.1 Å². The van der Waals surface area contributed by atoms with Crippen LogP contribution in [0.4, 0.5) is 4.39 Å². The zero-order valence-electron chi connectivity index (χ0n) is 6.87. The van der Waals surface area contributed by atoms with E-state index in [1.54, 1.807) is 0 Å². The molecule has 0 radical (unpaired) electrons. The summed E-state index contributed by atoms with van der Waals surface area (Å²) in [6.45, 7) is 1.89. The van der Waals surface area contributed by atoms with Crippen LogP contribution >= 0.6 is 15.9 Å². The highest BCUT2D eigenvalue weighted by Gasteiger charge is 2.12. The normalized spacial score (nSPS) is 21.5. The van der Waals surface area contributed by atoms with Gasteiger partial charge in [-0.2, -0.15) is 0 Å². The third-order valence-electron chi connectivity index (χ3n) is 2.34.